The Morgan fingerprint density at radius 1 is 0.340 bits per heavy atom. The monoisotopic (exact) mass is 601 g/mol. The van der Waals surface area contributed by atoms with Crippen molar-refractivity contribution in [3.63, 3.8) is 0 Å². The summed E-state index contributed by atoms with van der Waals surface area (Å²) < 4.78 is 6.25. The molecule has 0 aliphatic rings. The largest absolute Gasteiger partial charge is 0.456 e. The summed E-state index contributed by atoms with van der Waals surface area (Å²) in [7, 11) is 0. The van der Waals surface area contributed by atoms with E-state index in [9.17, 15) is 0 Å². The highest BCUT2D eigenvalue weighted by Gasteiger charge is 2.19. The van der Waals surface area contributed by atoms with Gasteiger partial charge in [-0.2, -0.15) is 0 Å². The molecule has 9 aromatic rings. The van der Waals surface area contributed by atoms with Gasteiger partial charge in [0.15, 0.2) is 17.5 Å². The number of benzene rings is 7. The zero-order chi connectivity index (χ0) is 31.2. The molecule has 2 heterocycles. The first-order valence-corrected chi connectivity index (χ1v) is 15.7. The lowest BCUT2D eigenvalue weighted by Crippen LogP contribution is -2.01. The first kappa shape index (κ1) is 27.0. The van der Waals surface area contributed by atoms with Gasteiger partial charge in [0, 0.05) is 27.5 Å². The van der Waals surface area contributed by atoms with Crippen molar-refractivity contribution in [2.75, 3.05) is 0 Å². The Morgan fingerprint density at radius 3 is 1.72 bits per heavy atom. The van der Waals surface area contributed by atoms with Crippen LogP contribution in [0.15, 0.2) is 168 Å². The van der Waals surface area contributed by atoms with Crippen LogP contribution in [0.3, 0.4) is 0 Å². The molecule has 0 atom stereocenters. The molecule has 0 unspecified atom stereocenters. The summed E-state index contributed by atoms with van der Waals surface area (Å²) in [4.78, 5) is 15.5. The third-order valence-corrected chi connectivity index (χ3v) is 8.74. The maximum absolute atomic E-state index is 6.25. The molecule has 0 aliphatic carbocycles. The van der Waals surface area contributed by atoms with E-state index in [0.29, 0.717) is 17.5 Å². The molecule has 0 saturated carbocycles. The van der Waals surface area contributed by atoms with Gasteiger partial charge in [0.2, 0.25) is 0 Å². The fourth-order valence-electron chi connectivity index (χ4n) is 6.45. The van der Waals surface area contributed by atoms with Crippen LogP contribution in [-0.4, -0.2) is 15.0 Å². The summed E-state index contributed by atoms with van der Waals surface area (Å²) in [5.74, 6) is 1.83. The van der Waals surface area contributed by atoms with E-state index < -0.39 is 0 Å². The molecule has 47 heavy (non-hydrogen) atoms. The van der Waals surface area contributed by atoms with Gasteiger partial charge >= 0.3 is 0 Å². The molecule has 9 rings (SSSR count). The normalized spacial score (nSPS) is 11.4. The minimum absolute atomic E-state index is 0.600. The number of nitrogens with zero attached hydrogens (tertiary/aromatic N) is 3. The molecule has 0 bridgehead atoms. The Kier molecular flexibility index (Phi) is 6.43. The van der Waals surface area contributed by atoms with Crippen molar-refractivity contribution in [1.82, 2.24) is 15.0 Å². The van der Waals surface area contributed by atoms with Gasteiger partial charge in [-0.3, -0.25) is 0 Å². The lowest BCUT2D eigenvalue weighted by Gasteiger charge is -2.13. The van der Waals surface area contributed by atoms with Crippen LogP contribution < -0.4 is 0 Å². The van der Waals surface area contributed by atoms with Crippen molar-refractivity contribution in [2.45, 2.75) is 0 Å². The second-order valence-electron chi connectivity index (χ2n) is 11.6. The summed E-state index contributed by atoms with van der Waals surface area (Å²) in [5.41, 5.74) is 8.93. The standard InChI is InChI=1S/C43H27N3O/c1-3-12-28(13-4-1)31-24-22-29-23-25-32(27-33(29)26-31)41-44-42(35-17-8-7-16-34(35)30-14-5-2-6-15-30)46-43(45-41)37-19-11-21-39-40(37)36-18-9-10-20-38(36)47-39/h1-27H. The molecule has 0 saturated heterocycles. The predicted molar refractivity (Wildman–Crippen MR) is 192 cm³/mol. The first-order chi connectivity index (χ1) is 23.3. The van der Waals surface area contributed by atoms with Crippen LogP contribution in [0.4, 0.5) is 0 Å². The Balaban J connectivity index is 1.28. The van der Waals surface area contributed by atoms with Crippen molar-refractivity contribution < 1.29 is 4.42 Å². The third kappa shape index (κ3) is 4.84. The van der Waals surface area contributed by atoms with E-state index in [4.69, 9.17) is 19.4 Å². The van der Waals surface area contributed by atoms with Gasteiger partial charge in [-0.1, -0.05) is 140 Å². The van der Waals surface area contributed by atoms with Crippen molar-refractivity contribution in [3.05, 3.63) is 164 Å². The lowest BCUT2D eigenvalue weighted by molar-refractivity contribution is 0.669. The van der Waals surface area contributed by atoms with Crippen LogP contribution in [0.1, 0.15) is 0 Å². The van der Waals surface area contributed by atoms with Crippen LogP contribution in [-0.2, 0) is 0 Å². The van der Waals surface area contributed by atoms with Gasteiger partial charge in [0.25, 0.3) is 0 Å². The molecule has 0 N–H and O–H groups in total. The fraction of sp³-hybridized carbons (Fsp3) is 0. The van der Waals surface area contributed by atoms with Crippen LogP contribution >= 0.6 is 0 Å². The van der Waals surface area contributed by atoms with Crippen LogP contribution in [0.2, 0.25) is 0 Å². The Morgan fingerprint density at radius 2 is 0.915 bits per heavy atom. The molecule has 0 aliphatic heterocycles. The minimum Gasteiger partial charge on any atom is -0.456 e. The Bertz CT molecular complexity index is 2570. The highest BCUT2D eigenvalue weighted by molar-refractivity contribution is 6.11. The molecule has 0 spiro atoms. The smallest absolute Gasteiger partial charge is 0.164 e. The quantitative estimate of drug-likeness (QED) is 0.197. The summed E-state index contributed by atoms with van der Waals surface area (Å²) in [6.07, 6.45) is 0. The van der Waals surface area contributed by atoms with Gasteiger partial charge in [-0.15, -0.1) is 0 Å². The Hall–Kier alpha value is -6.39. The average Bonchev–Trinajstić information content (AvgIpc) is 3.54. The van der Waals surface area contributed by atoms with Crippen molar-refractivity contribution in [1.29, 1.82) is 0 Å². The van der Waals surface area contributed by atoms with Gasteiger partial charge < -0.3 is 4.42 Å². The number of hydrogen-bond donors (Lipinski definition) is 0. The van der Waals surface area contributed by atoms with Gasteiger partial charge in [0.1, 0.15) is 11.2 Å². The number of rotatable bonds is 5. The van der Waals surface area contributed by atoms with Gasteiger partial charge in [-0.25, -0.2) is 15.0 Å². The average molecular weight is 602 g/mol. The molecule has 7 aromatic carbocycles. The highest BCUT2D eigenvalue weighted by Crippen LogP contribution is 2.38. The van der Waals surface area contributed by atoms with E-state index in [1.165, 1.54) is 11.1 Å². The van der Waals surface area contributed by atoms with E-state index in [0.717, 1.165) is 60.5 Å². The minimum atomic E-state index is 0.600. The van der Waals surface area contributed by atoms with Crippen LogP contribution in [0.5, 0.6) is 0 Å². The zero-order valence-electron chi connectivity index (χ0n) is 25.3. The Labute approximate surface area is 271 Å². The molecule has 0 radical (unpaired) electrons. The first-order valence-electron chi connectivity index (χ1n) is 15.7. The molecule has 0 amide bonds. The molecular formula is C43H27N3O. The lowest BCUT2D eigenvalue weighted by atomic mass is 9.98. The zero-order valence-corrected chi connectivity index (χ0v) is 25.3. The molecule has 2 aromatic heterocycles. The number of furan rings is 1. The number of para-hydroxylation sites is 1. The summed E-state index contributed by atoms with van der Waals surface area (Å²) >= 11 is 0. The van der Waals surface area contributed by atoms with E-state index >= 15 is 0 Å². The van der Waals surface area contributed by atoms with E-state index in [2.05, 4.69) is 115 Å². The number of fused-ring (bicyclic) bond motifs is 4. The molecule has 0 fully saturated rings. The molecule has 220 valence electrons. The molecule has 4 heteroatoms. The van der Waals surface area contributed by atoms with Gasteiger partial charge in [-0.05, 0) is 57.3 Å². The summed E-state index contributed by atoms with van der Waals surface area (Å²) in [6, 6.07) is 56.3. The second-order valence-corrected chi connectivity index (χ2v) is 11.6. The fourth-order valence-corrected chi connectivity index (χ4v) is 6.45. The maximum atomic E-state index is 6.25. The van der Waals surface area contributed by atoms with Crippen LogP contribution in [0, 0.1) is 0 Å². The SMILES string of the molecule is c1ccc(-c2ccc3ccc(-c4nc(-c5ccccc5-c5ccccc5)nc(-c5cccc6oc7ccccc7c56)n4)cc3c2)cc1. The predicted octanol–water partition coefficient (Wildman–Crippen LogP) is 11.3. The maximum Gasteiger partial charge on any atom is 0.164 e. The second kappa shape index (κ2) is 11.2. The number of aromatic nitrogens is 3. The van der Waals surface area contributed by atoms with Crippen molar-refractivity contribution >= 4 is 32.7 Å². The van der Waals surface area contributed by atoms with Crippen molar-refractivity contribution in [2.24, 2.45) is 0 Å². The number of hydrogen-bond acceptors (Lipinski definition) is 4. The highest BCUT2D eigenvalue weighted by atomic mass is 16.3. The summed E-state index contributed by atoms with van der Waals surface area (Å²) in [5, 5.41) is 4.31. The molecule has 4 nitrogen and oxygen atoms in total. The topological polar surface area (TPSA) is 51.8 Å². The molecular weight excluding hydrogens is 574 g/mol. The third-order valence-electron chi connectivity index (χ3n) is 8.74. The van der Waals surface area contributed by atoms with E-state index in [1.54, 1.807) is 0 Å². The van der Waals surface area contributed by atoms with Crippen molar-refractivity contribution in [3.8, 4) is 56.4 Å². The van der Waals surface area contributed by atoms with Crippen LogP contribution in [0.25, 0.3) is 89.1 Å². The summed E-state index contributed by atoms with van der Waals surface area (Å²) in [6.45, 7) is 0. The van der Waals surface area contributed by atoms with Gasteiger partial charge in [0.05, 0.1) is 0 Å². The van der Waals surface area contributed by atoms with E-state index in [-0.39, 0.29) is 0 Å². The van der Waals surface area contributed by atoms with E-state index in [1.807, 2.05) is 48.5 Å².